The van der Waals surface area contributed by atoms with Crippen molar-refractivity contribution in [2.24, 2.45) is 11.8 Å². The van der Waals surface area contributed by atoms with Gasteiger partial charge in [-0.2, -0.15) is 0 Å². The molecule has 110 valence electrons. The monoisotopic (exact) mass is 300 g/mol. The molecule has 2 unspecified atom stereocenters. The number of nitrogens with one attached hydrogen (secondary N) is 2. The lowest BCUT2D eigenvalue weighted by molar-refractivity contribution is -0.387. The minimum atomic E-state index is -3.94. The van der Waals surface area contributed by atoms with E-state index in [4.69, 9.17) is 5.84 Å². The fourth-order valence-electron chi connectivity index (χ4n) is 2.08. The maximum Gasteiger partial charge on any atom is 0.289 e. The van der Waals surface area contributed by atoms with E-state index < -0.39 is 20.6 Å². The van der Waals surface area contributed by atoms with Crippen LogP contribution in [-0.4, -0.2) is 19.4 Å². The van der Waals surface area contributed by atoms with Crippen LogP contribution in [0.4, 0.5) is 11.4 Å². The Bertz CT molecular complexity index is 631. The van der Waals surface area contributed by atoms with Crippen LogP contribution in [0.15, 0.2) is 23.1 Å². The molecule has 9 heteroatoms. The second-order valence-corrected chi connectivity index (χ2v) is 6.40. The lowest BCUT2D eigenvalue weighted by Crippen LogP contribution is -2.28. The van der Waals surface area contributed by atoms with Crippen LogP contribution >= 0.6 is 0 Å². The van der Waals surface area contributed by atoms with Gasteiger partial charge in [-0.3, -0.25) is 16.0 Å². The molecule has 2 rings (SSSR count). The van der Waals surface area contributed by atoms with Crippen molar-refractivity contribution in [2.75, 3.05) is 5.43 Å². The number of nitrogens with zero attached hydrogens (tertiary/aromatic N) is 1. The topological polar surface area (TPSA) is 127 Å². The molecule has 4 N–H and O–H groups in total. The predicted molar refractivity (Wildman–Crippen MR) is 73.4 cm³/mol. The molecule has 1 aromatic rings. The third-order valence-corrected chi connectivity index (χ3v) is 4.89. The zero-order valence-corrected chi connectivity index (χ0v) is 11.7. The van der Waals surface area contributed by atoms with Gasteiger partial charge in [0.15, 0.2) is 4.90 Å². The van der Waals surface area contributed by atoms with Gasteiger partial charge in [-0.1, -0.05) is 13.3 Å². The number of nitrogens with two attached hydrogens (primary N) is 1. The van der Waals surface area contributed by atoms with Gasteiger partial charge in [0, 0.05) is 12.1 Å². The van der Waals surface area contributed by atoms with E-state index >= 15 is 0 Å². The van der Waals surface area contributed by atoms with Crippen molar-refractivity contribution in [3.63, 3.8) is 0 Å². The average Bonchev–Trinajstić information content (AvgIpc) is 3.15. The van der Waals surface area contributed by atoms with E-state index in [-0.39, 0.29) is 10.9 Å². The highest BCUT2D eigenvalue weighted by Gasteiger charge is 2.40. The van der Waals surface area contributed by atoms with Crippen molar-refractivity contribution in [2.45, 2.75) is 30.7 Å². The Kier molecular flexibility index (Phi) is 3.93. The van der Waals surface area contributed by atoms with Crippen molar-refractivity contribution in [3.8, 4) is 0 Å². The van der Waals surface area contributed by atoms with Crippen LogP contribution in [0.1, 0.15) is 19.8 Å². The first-order valence-corrected chi connectivity index (χ1v) is 7.64. The number of sulfonamides is 1. The summed E-state index contributed by atoms with van der Waals surface area (Å²) in [4.78, 5) is 9.85. The molecule has 2 atom stereocenters. The van der Waals surface area contributed by atoms with Crippen molar-refractivity contribution >= 4 is 21.4 Å². The lowest BCUT2D eigenvalue weighted by atomic mass is 10.3. The summed E-state index contributed by atoms with van der Waals surface area (Å²) in [6.45, 7) is 1.97. The summed E-state index contributed by atoms with van der Waals surface area (Å²) in [5, 5.41) is 11.0. The molecule has 0 aliphatic heterocycles. The van der Waals surface area contributed by atoms with Gasteiger partial charge in [0.2, 0.25) is 10.0 Å². The number of hydrogen-bond acceptors (Lipinski definition) is 6. The molecule has 0 heterocycles. The summed E-state index contributed by atoms with van der Waals surface area (Å²) in [6.07, 6.45) is 1.64. The van der Waals surface area contributed by atoms with Crippen LogP contribution < -0.4 is 16.0 Å². The molecule has 0 aromatic heterocycles. The largest absolute Gasteiger partial charge is 0.324 e. The van der Waals surface area contributed by atoms with Crippen LogP contribution in [-0.2, 0) is 10.0 Å². The molecule has 1 saturated carbocycles. The Labute approximate surface area is 116 Å². The molecule has 1 aliphatic rings. The summed E-state index contributed by atoms with van der Waals surface area (Å²) in [5.74, 6) is 5.52. The normalized spacial score (nSPS) is 21.5. The van der Waals surface area contributed by atoms with Crippen LogP contribution in [0.3, 0.4) is 0 Å². The Morgan fingerprint density at radius 2 is 2.20 bits per heavy atom. The second kappa shape index (κ2) is 5.35. The van der Waals surface area contributed by atoms with E-state index in [0.29, 0.717) is 11.6 Å². The lowest BCUT2D eigenvalue weighted by Gasteiger charge is -2.08. The van der Waals surface area contributed by atoms with Crippen LogP contribution in [0.2, 0.25) is 0 Å². The molecule has 1 aliphatic carbocycles. The minimum absolute atomic E-state index is 0.140. The maximum absolute atomic E-state index is 12.3. The van der Waals surface area contributed by atoms with E-state index in [2.05, 4.69) is 10.1 Å². The minimum Gasteiger partial charge on any atom is -0.324 e. The molecule has 1 fully saturated rings. The number of nitro groups is 1. The molecule has 0 bridgehead atoms. The highest BCUT2D eigenvalue weighted by atomic mass is 32.2. The van der Waals surface area contributed by atoms with E-state index in [0.717, 1.165) is 25.0 Å². The van der Waals surface area contributed by atoms with Crippen LogP contribution in [0.25, 0.3) is 0 Å². The smallest absolute Gasteiger partial charge is 0.289 e. The third-order valence-electron chi connectivity index (χ3n) is 3.37. The van der Waals surface area contributed by atoms with Gasteiger partial charge in [-0.15, -0.1) is 0 Å². The number of nitrogen functional groups attached to an aromatic ring is 1. The van der Waals surface area contributed by atoms with E-state index in [9.17, 15) is 18.5 Å². The molecular formula is C11H16N4O4S. The average molecular weight is 300 g/mol. The fraction of sp³-hybridized carbons (Fsp3) is 0.455. The third kappa shape index (κ3) is 2.89. The van der Waals surface area contributed by atoms with E-state index in [1.807, 2.05) is 6.92 Å². The number of rotatable bonds is 6. The summed E-state index contributed by atoms with van der Waals surface area (Å²) in [5.41, 5.74) is 2.10. The number of nitro benzene ring substituents is 1. The number of hydrogen-bond donors (Lipinski definition) is 3. The van der Waals surface area contributed by atoms with E-state index in [1.165, 1.54) is 6.07 Å². The van der Waals surface area contributed by atoms with Crippen LogP contribution in [0, 0.1) is 16.0 Å². The van der Waals surface area contributed by atoms with Crippen LogP contribution in [0.5, 0.6) is 0 Å². The van der Waals surface area contributed by atoms with Crippen molar-refractivity contribution in [1.82, 2.24) is 4.72 Å². The molecule has 0 amide bonds. The Balaban J connectivity index is 2.36. The van der Waals surface area contributed by atoms with Gasteiger partial charge < -0.3 is 5.43 Å². The number of anilines is 1. The molecule has 1 aromatic carbocycles. The molecule has 0 spiro atoms. The molecule has 20 heavy (non-hydrogen) atoms. The van der Waals surface area contributed by atoms with Gasteiger partial charge in [-0.25, -0.2) is 13.1 Å². The zero-order valence-electron chi connectivity index (χ0n) is 10.9. The van der Waals surface area contributed by atoms with Gasteiger partial charge >= 0.3 is 0 Å². The zero-order chi connectivity index (χ0) is 14.9. The Morgan fingerprint density at radius 3 is 2.70 bits per heavy atom. The fourth-order valence-corrected chi connectivity index (χ4v) is 3.59. The van der Waals surface area contributed by atoms with Gasteiger partial charge in [0.05, 0.1) is 10.6 Å². The standard InChI is InChI=1S/C11H16N4O4S/c1-2-7-5-9(7)14-20(18,19)11-6-8(13-12)3-4-10(11)15(16)17/h3-4,6-7,9,13-14H,2,5,12H2,1H3. The van der Waals surface area contributed by atoms with Crippen molar-refractivity contribution in [1.29, 1.82) is 0 Å². The summed E-state index contributed by atoms with van der Waals surface area (Å²) in [6, 6.07) is 3.49. The van der Waals surface area contributed by atoms with Gasteiger partial charge in [0.1, 0.15) is 0 Å². The number of benzene rings is 1. The highest BCUT2D eigenvalue weighted by Crippen LogP contribution is 2.35. The van der Waals surface area contributed by atoms with E-state index in [1.54, 1.807) is 0 Å². The van der Waals surface area contributed by atoms with Gasteiger partial charge in [-0.05, 0) is 24.5 Å². The number of hydrazine groups is 1. The first-order chi connectivity index (χ1) is 9.39. The van der Waals surface area contributed by atoms with Crippen molar-refractivity contribution < 1.29 is 13.3 Å². The summed E-state index contributed by atoms with van der Waals surface area (Å²) in [7, 11) is -3.94. The second-order valence-electron chi connectivity index (χ2n) is 4.72. The first kappa shape index (κ1) is 14.7. The molecule has 0 radical (unpaired) electrons. The van der Waals surface area contributed by atoms with Crippen molar-refractivity contribution in [3.05, 3.63) is 28.3 Å². The predicted octanol–water partition coefficient (Wildman–Crippen LogP) is 0.957. The SMILES string of the molecule is CCC1CC1NS(=O)(=O)c1cc(NN)ccc1[N+](=O)[O-]. The molecule has 8 nitrogen and oxygen atoms in total. The Morgan fingerprint density at radius 1 is 1.50 bits per heavy atom. The molecular weight excluding hydrogens is 284 g/mol. The quantitative estimate of drug-likeness (QED) is 0.408. The maximum atomic E-state index is 12.3. The van der Waals surface area contributed by atoms with Gasteiger partial charge in [0.25, 0.3) is 5.69 Å². The first-order valence-electron chi connectivity index (χ1n) is 6.16. The Hall–Kier alpha value is -1.71. The summed E-state index contributed by atoms with van der Waals surface area (Å²) < 4.78 is 27.0. The highest BCUT2D eigenvalue weighted by molar-refractivity contribution is 7.89. The summed E-state index contributed by atoms with van der Waals surface area (Å²) >= 11 is 0. The molecule has 0 saturated heterocycles.